The molecule has 4 heterocycles. The topological polar surface area (TPSA) is 260 Å². The van der Waals surface area contributed by atoms with Crippen LogP contribution in [0.4, 0.5) is 20.4 Å². The highest BCUT2D eigenvalue weighted by atomic mass is 32.2. The van der Waals surface area contributed by atoms with Crippen LogP contribution < -0.4 is 36.9 Å². The Kier molecular flexibility index (Phi) is 19.7. The third-order valence-corrected chi connectivity index (χ3v) is 12.9. The minimum Gasteiger partial charge on any atom is -0.493 e. The van der Waals surface area contributed by atoms with Crippen molar-refractivity contribution in [3.8, 4) is 22.8 Å². The maximum absolute atomic E-state index is 15.1. The zero-order chi connectivity index (χ0) is 50.4. The van der Waals surface area contributed by atoms with E-state index in [9.17, 15) is 32.6 Å². The van der Waals surface area contributed by atoms with Crippen molar-refractivity contribution in [2.45, 2.75) is 63.4 Å². The smallest absolute Gasteiger partial charge is 0.276 e. The van der Waals surface area contributed by atoms with E-state index in [0.29, 0.717) is 43.6 Å². The third kappa shape index (κ3) is 16.4. The number of nitrogens with one attached hydrogen (secondary N) is 3. The third-order valence-electron chi connectivity index (χ3n) is 11.5. The number of likely N-dealkylation sites (tertiary alicyclic amines) is 1. The van der Waals surface area contributed by atoms with Crippen LogP contribution in [0.1, 0.15) is 45.1 Å². The molecule has 20 nitrogen and oxygen atoms in total. The first-order valence-corrected chi connectivity index (χ1v) is 25.0. The second kappa shape index (κ2) is 25.1. The van der Waals surface area contributed by atoms with Gasteiger partial charge in [0, 0.05) is 81.7 Å². The largest absolute Gasteiger partial charge is 0.493 e. The second-order valence-electron chi connectivity index (χ2n) is 17.9. The maximum atomic E-state index is 15.1. The molecule has 69 heavy (non-hydrogen) atoms. The van der Waals surface area contributed by atoms with Crippen LogP contribution in [0.2, 0.25) is 0 Å². The molecular formula is C46H66F2N12O8S. The first-order valence-electron chi connectivity index (χ1n) is 22.9. The number of benzene rings is 1. The first-order chi connectivity index (χ1) is 32.7. The molecule has 0 spiro atoms. The van der Waals surface area contributed by atoms with Gasteiger partial charge in [-0.3, -0.25) is 28.9 Å². The van der Waals surface area contributed by atoms with E-state index in [-0.39, 0.29) is 67.3 Å². The summed E-state index contributed by atoms with van der Waals surface area (Å²) in [6, 6.07) is 4.71. The summed E-state index contributed by atoms with van der Waals surface area (Å²) < 4.78 is 59.2. The molecule has 0 aliphatic carbocycles. The van der Waals surface area contributed by atoms with E-state index in [2.05, 4.69) is 40.1 Å². The van der Waals surface area contributed by atoms with Gasteiger partial charge >= 0.3 is 0 Å². The number of amides is 5. The Morgan fingerprint density at radius 2 is 1.62 bits per heavy atom. The number of hydrogen-bond acceptors (Lipinski definition) is 15. The first kappa shape index (κ1) is 54.1. The summed E-state index contributed by atoms with van der Waals surface area (Å²) in [6.45, 7) is 7.91. The number of hydrogen-bond donors (Lipinski definition) is 5. The minimum atomic E-state index is -3.34. The van der Waals surface area contributed by atoms with Crippen LogP contribution in [0.25, 0.3) is 11.1 Å². The van der Waals surface area contributed by atoms with Gasteiger partial charge < -0.3 is 51.6 Å². The minimum absolute atomic E-state index is 0.0609. The Balaban J connectivity index is 1.25. The van der Waals surface area contributed by atoms with Crippen LogP contribution in [0, 0.1) is 17.6 Å². The predicted molar refractivity (Wildman–Crippen MR) is 257 cm³/mol. The summed E-state index contributed by atoms with van der Waals surface area (Å²) in [5.74, 6) is -4.82. The summed E-state index contributed by atoms with van der Waals surface area (Å²) in [5, 5.41) is 8.38. The van der Waals surface area contributed by atoms with Gasteiger partial charge in [-0.05, 0) is 69.7 Å². The van der Waals surface area contributed by atoms with Gasteiger partial charge in [-0.2, -0.15) is 9.35 Å². The van der Waals surface area contributed by atoms with Crippen molar-refractivity contribution in [3.05, 3.63) is 59.8 Å². The zero-order valence-electron chi connectivity index (χ0n) is 40.2. The Bertz CT molecular complexity index is 2440. The number of nitrogens with zero attached hydrogens (tertiary/aromatic N) is 7. The summed E-state index contributed by atoms with van der Waals surface area (Å²) in [5.41, 5.74) is 12.0. The van der Waals surface area contributed by atoms with Crippen molar-refractivity contribution in [1.29, 1.82) is 0 Å². The zero-order valence-corrected chi connectivity index (χ0v) is 41.0. The van der Waals surface area contributed by atoms with Gasteiger partial charge in [0.25, 0.3) is 5.91 Å². The lowest BCUT2D eigenvalue weighted by Crippen LogP contribution is -2.57. The molecule has 7 N–H and O–H groups in total. The standard InChI is InChI=1S/C46H66F2N12O8S/c1-29(2)43(55-44(63)36-9-7-13-60(36)46(65)35(25-38(50)61)52-41(62)27-59(5)18-17-58(4)16-15-57(3)14-12-49)45(64)56-69(6,66)28-30-21-40-53-39-24-33(34(48)26-51-39)32-11-10-31(47)23-37(32)67-19-8-20-68-42(22-30)54-40/h10-11,21-24,26,29,35-36,43H,7-9,12-20,25,27-28,49H2,1-6H3,(H2,50,61)(H,52,62)(H,55,63)(H,51,53,54)/t35-,36-,43-,69+/m0/s1. The number of ether oxygens (including phenoxy) is 2. The molecule has 4 bridgehead atoms. The fourth-order valence-electron chi connectivity index (χ4n) is 7.83. The fraction of sp³-hybridized carbons (Fsp3) is 0.543. The maximum Gasteiger partial charge on any atom is 0.276 e. The number of pyridine rings is 2. The van der Waals surface area contributed by atoms with E-state index >= 15 is 4.39 Å². The molecule has 2 aliphatic heterocycles. The lowest BCUT2D eigenvalue weighted by Gasteiger charge is -2.30. The number of halogens is 2. The normalized spacial score (nSPS) is 16.6. The van der Waals surface area contributed by atoms with Crippen LogP contribution in [-0.2, 0) is 39.5 Å². The highest BCUT2D eigenvalue weighted by Gasteiger charge is 2.40. The molecule has 378 valence electrons. The Hall–Kier alpha value is -5.88. The quantitative estimate of drug-likeness (QED) is 0.108. The summed E-state index contributed by atoms with van der Waals surface area (Å²) in [7, 11) is 2.41. The summed E-state index contributed by atoms with van der Waals surface area (Å²) in [6.07, 6.45) is 2.84. The number of carbonyl (C=O) groups excluding carboxylic acids is 5. The van der Waals surface area contributed by atoms with Crippen LogP contribution in [0.5, 0.6) is 11.6 Å². The molecule has 0 unspecified atom stereocenters. The summed E-state index contributed by atoms with van der Waals surface area (Å²) >= 11 is 0. The molecule has 1 fully saturated rings. The second-order valence-corrected chi connectivity index (χ2v) is 20.3. The van der Waals surface area contributed by atoms with E-state index in [1.807, 2.05) is 14.1 Å². The lowest BCUT2D eigenvalue weighted by molar-refractivity contribution is -0.143. The van der Waals surface area contributed by atoms with Crippen molar-refractivity contribution < 1.29 is 46.4 Å². The van der Waals surface area contributed by atoms with Gasteiger partial charge in [0.1, 0.15) is 47.1 Å². The molecule has 5 amide bonds. The summed E-state index contributed by atoms with van der Waals surface area (Å²) in [4.78, 5) is 83.0. The van der Waals surface area contributed by atoms with Crippen LogP contribution >= 0.6 is 0 Å². The number of primary amides is 1. The van der Waals surface area contributed by atoms with E-state index in [1.165, 1.54) is 35.4 Å². The van der Waals surface area contributed by atoms with Gasteiger partial charge in [0.15, 0.2) is 0 Å². The van der Waals surface area contributed by atoms with Crippen molar-refractivity contribution in [1.82, 2.24) is 40.2 Å². The van der Waals surface area contributed by atoms with E-state index < -0.39 is 81.4 Å². The fourth-order valence-corrected chi connectivity index (χ4v) is 9.17. The number of aromatic nitrogens is 2. The van der Waals surface area contributed by atoms with Gasteiger partial charge in [0.05, 0.1) is 47.9 Å². The number of nitrogens with two attached hydrogens (primary N) is 2. The van der Waals surface area contributed by atoms with Crippen molar-refractivity contribution in [2.75, 3.05) is 98.3 Å². The molecule has 1 aromatic carbocycles. The van der Waals surface area contributed by atoms with Crippen molar-refractivity contribution >= 4 is 50.9 Å². The average molecular weight is 985 g/mol. The predicted octanol–water partition coefficient (Wildman–Crippen LogP) is 1.70. The van der Waals surface area contributed by atoms with Gasteiger partial charge in [-0.25, -0.2) is 18.0 Å². The number of anilines is 2. The van der Waals surface area contributed by atoms with E-state index in [0.717, 1.165) is 25.8 Å². The molecular weight excluding hydrogens is 919 g/mol. The van der Waals surface area contributed by atoms with Crippen molar-refractivity contribution in [2.24, 2.45) is 21.7 Å². The molecule has 0 saturated carbocycles. The van der Waals surface area contributed by atoms with Gasteiger partial charge in [-0.15, -0.1) is 0 Å². The molecule has 1 saturated heterocycles. The van der Waals surface area contributed by atoms with Crippen LogP contribution in [0.15, 0.2) is 47.0 Å². The highest BCUT2D eigenvalue weighted by Crippen LogP contribution is 2.35. The monoisotopic (exact) mass is 984 g/mol. The Morgan fingerprint density at radius 3 is 2.32 bits per heavy atom. The van der Waals surface area contributed by atoms with Crippen molar-refractivity contribution in [3.63, 3.8) is 0 Å². The number of likely N-dealkylation sites (N-methyl/N-ethyl adjacent to an activating group) is 3. The number of rotatable bonds is 20. The number of carbonyl (C=O) groups is 5. The van der Waals surface area contributed by atoms with Gasteiger partial charge in [0.2, 0.25) is 29.5 Å². The van der Waals surface area contributed by atoms with E-state index in [1.54, 1.807) is 37.9 Å². The number of fused-ring (bicyclic) bond motifs is 6. The molecule has 2 aliphatic rings. The molecule has 3 aromatic rings. The molecule has 4 atom stereocenters. The molecule has 5 rings (SSSR count). The highest BCUT2D eigenvalue weighted by molar-refractivity contribution is 7.92. The van der Waals surface area contributed by atoms with E-state index in [4.69, 9.17) is 20.9 Å². The van der Waals surface area contributed by atoms with Crippen LogP contribution in [0.3, 0.4) is 0 Å². The molecule has 23 heteroatoms. The average Bonchev–Trinajstić information content (AvgIpc) is 3.76. The van der Waals surface area contributed by atoms with Gasteiger partial charge in [-0.1, -0.05) is 13.8 Å². The molecule has 2 aromatic heterocycles. The Labute approximate surface area is 402 Å². The Morgan fingerprint density at radius 1 is 0.928 bits per heavy atom. The lowest BCUT2D eigenvalue weighted by atomic mass is 10.0. The van der Waals surface area contributed by atoms with Crippen LogP contribution in [-0.4, -0.2) is 174 Å². The molecule has 0 radical (unpaired) electrons. The SMILES string of the molecule is CC(C)[C@H](NC(=O)[C@@H]1CCCN1C(=O)[C@H](CC(N)=O)NC(=O)CN(C)CCN(C)CCN(C)CCN)C(=O)N=[S@](C)(=O)Cc1cc2nc(c1)OCCCOc1cc(F)ccc1-c1cc(ncc1F)N2.